The molecule has 2 fully saturated rings. The molecule has 0 amide bonds. The smallest absolute Gasteiger partial charge is 0.243 e. The van der Waals surface area contributed by atoms with Gasteiger partial charge in [0, 0.05) is 13.1 Å². The summed E-state index contributed by atoms with van der Waals surface area (Å²) in [6.45, 7) is 3.05. The van der Waals surface area contributed by atoms with Crippen molar-refractivity contribution in [1.82, 2.24) is 9.62 Å². The van der Waals surface area contributed by atoms with Crippen LogP contribution in [0.1, 0.15) is 12.0 Å². The van der Waals surface area contributed by atoms with Crippen LogP contribution in [-0.4, -0.2) is 38.9 Å². The number of nitriles is 1. The van der Waals surface area contributed by atoms with Gasteiger partial charge in [-0.1, -0.05) is 6.07 Å². The highest BCUT2D eigenvalue weighted by molar-refractivity contribution is 7.89. The Labute approximate surface area is 131 Å². The monoisotopic (exact) mass is 327 g/mol. The van der Waals surface area contributed by atoms with Crippen molar-refractivity contribution in [2.45, 2.75) is 11.3 Å². The Morgan fingerprint density at radius 3 is 2.81 bits per heavy atom. The van der Waals surface area contributed by atoms with Gasteiger partial charge in [-0.25, -0.2) is 8.42 Å². The maximum atomic E-state index is 12.6. The lowest BCUT2D eigenvalue weighted by Gasteiger charge is -2.33. The summed E-state index contributed by atoms with van der Waals surface area (Å²) in [6, 6.07) is 8.24. The van der Waals surface area contributed by atoms with Gasteiger partial charge in [-0.3, -0.25) is 0 Å². The third kappa shape index (κ3) is 3.06. The van der Waals surface area contributed by atoms with Gasteiger partial charge in [-0.15, -0.1) is 12.4 Å². The molecule has 2 saturated heterocycles. The van der Waals surface area contributed by atoms with Gasteiger partial charge in [-0.2, -0.15) is 9.57 Å². The van der Waals surface area contributed by atoms with E-state index in [-0.39, 0.29) is 17.3 Å². The molecule has 7 heteroatoms. The van der Waals surface area contributed by atoms with Crippen molar-refractivity contribution >= 4 is 22.4 Å². The summed E-state index contributed by atoms with van der Waals surface area (Å²) in [6.07, 6.45) is 0.912. The van der Waals surface area contributed by atoms with Gasteiger partial charge in [0.05, 0.1) is 16.5 Å². The second kappa shape index (κ2) is 6.32. The fourth-order valence-corrected chi connectivity index (χ4v) is 4.65. The summed E-state index contributed by atoms with van der Waals surface area (Å²) < 4.78 is 26.8. The Morgan fingerprint density at radius 1 is 1.29 bits per heavy atom. The number of hydrogen-bond acceptors (Lipinski definition) is 4. The number of sulfonamides is 1. The van der Waals surface area contributed by atoms with Crippen molar-refractivity contribution in [3.63, 3.8) is 0 Å². The molecule has 1 N–H and O–H groups in total. The maximum Gasteiger partial charge on any atom is 0.243 e. The first-order valence-electron chi connectivity index (χ1n) is 6.82. The Morgan fingerprint density at radius 2 is 2.05 bits per heavy atom. The topological polar surface area (TPSA) is 73.2 Å². The molecule has 3 rings (SSSR count). The second-order valence-corrected chi connectivity index (χ2v) is 7.41. The Balaban J connectivity index is 0.00000161. The van der Waals surface area contributed by atoms with Crippen molar-refractivity contribution in [3.05, 3.63) is 29.8 Å². The Kier molecular flexibility index (Phi) is 4.89. The van der Waals surface area contributed by atoms with Crippen LogP contribution in [0.4, 0.5) is 0 Å². The van der Waals surface area contributed by atoms with Crippen molar-refractivity contribution in [1.29, 1.82) is 5.26 Å². The summed E-state index contributed by atoms with van der Waals surface area (Å²) in [4.78, 5) is 0.223. The van der Waals surface area contributed by atoms with Crippen LogP contribution in [-0.2, 0) is 10.0 Å². The SMILES string of the molecule is Cl.N#Cc1cccc(S(=O)(=O)N2CCC3CNCC3C2)c1. The molecule has 2 aliphatic heterocycles. The zero-order valence-electron chi connectivity index (χ0n) is 11.5. The van der Waals surface area contributed by atoms with Crippen LogP contribution in [0.3, 0.4) is 0 Å². The van der Waals surface area contributed by atoms with Gasteiger partial charge >= 0.3 is 0 Å². The molecule has 5 nitrogen and oxygen atoms in total. The molecule has 0 bridgehead atoms. The number of halogens is 1. The van der Waals surface area contributed by atoms with E-state index in [1.165, 1.54) is 6.07 Å². The number of nitrogens with one attached hydrogen (secondary N) is 1. The predicted octanol–water partition coefficient (Wildman–Crippen LogP) is 1.21. The predicted molar refractivity (Wildman–Crippen MR) is 81.6 cm³/mol. The van der Waals surface area contributed by atoms with Gasteiger partial charge in [0.25, 0.3) is 0 Å². The number of rotatable bonds is 2. The van der Waals surface area contributed by atoms with Crippen LogP contribution in [0.15, 0.2) is 29.2 Å². The summed E-state index contributed by atoms with van der Waals surface area (Å²) in [7, 11) is -3.48. The van der Waals surface area contributed by atoms with Gasteiger partial charge in [0.1, 0.15) is 0 Å². The first-order valence-corrected chi connectivity index (χ1v) is 8.26. The average Bonchev–Trinajstić information content (AvgIpc) is 2.94. The number of nitrogens with zero attached hydrogens (tertiary/aromatic N) is 2. The fourth-order valence-electron chi connectivity index (χ4n) is 3.09. The molecule has 0 spiro atoms. The highest BCUT2D eigenvalue weighted by Gasteiger charge is 2.37. The molecule has 0 radical (unpaired) electrons. The Hall–Kier alpha value is -1.13. The first-order chi connectivity index (χ1) is 9.61. The minimum absolute atomic E-state index is 0. The van der Waals surface area contributed by atoms with Crippen LogP contribution >= 0.6 is 12.4 Å². The largest absolute Gasteiger partial charge is 0.316 e. The van der Waals surface area contributed by atoms with Crippen LogP contribution in [0.5, 0.6) is 0 Å². The third-order valence-electron chi connectivity index (χ3n) is 4.27. The molecule has 2 aliphatic rings. The van der Waals surface area contributed by atoms with Crippen LogP contribution in [0.25, 0.3) is 0 Å². The van der Waals surface area contributed by atoms with E-state index in [1.54, 1.807) is 22.5 Å². The molecule has 2 atom stereocenters. The van der Waals surface area contributed by atoms with Crippen molar-refractivity contribution < 1.29 is 8.42 Å². The van der Waals surface area contributed by atoms with E-state index < -0.39 is 10.0 Å². The second-order valence-electron chi connectivity index (χ2n) is 5.47. The molecule has 114 valence electrons. The lowest BCUT2D eigenvalue weighted by atomic mass is 9.90. The number of benzene rings is 1. The zero-order chi connectivity index (χ0) is 14.2. The van der Waals surface area contributed by atoms with Gasteiger partial charge in [0.15, 0.2) is 0 Å². The van der Waals surface area contributed by atoms with E-state index in [0.717, 1.165) is 19.5 Å². The molecule has 0 saturated carbocycles. The van der Waals surface area contributed by atoms with E-state index in [9.17, 15) is 8.42 Å². The van der Waals surface area contributed by atoms with Crippen molar-refractivity contribution in [2.75, 3.05) is 26.2 Å². The normalized spacial score (nSPS) is 25.7. The van der Waals surface area contributed by atoms with Crippen LogP contribution in [0, 0.1) is 23.2 Å². The summed E-state index contributed by atoms with van der Waals surface area (Å²) >= 11 is 0. The minimum atomic E-state index is -3.48. The summed E-state index contributed by atoms with van der Waals surface area (Å²) in [5.74, 6) is 1.02. The molecule has 21 heavy (non-hydrogen) atoms. The molecule has 0 aliphatic carbocycles. The average molecular weight is 328 g/mol. The Bertz CT molecular complexity index is 656. The van der Waals surface area contributed by atoms with Crippen LogP contribution in [0.2, 0.25) is 0 Å². The molecule has 2 heterocycles. The van der Waals surface area contributed by atoms with Crippen molar-refractivity contribution in [2.24, 2.45) is 11.8 Å². The van der Waals surface area contributed by atoms with E-state index in [0.29, 0.717) is 30.5 Å². The standard InChI is InChI=1S/C14H17N3O2S.ClH/c15-7-11-2-1-3-14(6-11)20(18,19)17-5-4-12-8-16-9-13(12)10-17;/h1-3,6,12-13,16H,4-5,8-10H2;1H. The molecule has 1 aromatic rings. The van der Waals surface area contributed by atoms with E-state index in [2.05, 4.69) is 5.32 Å². The van der Waals surface area contributed by atoms with Crippen LogP contribution < -0.4 is 5.32 Å². The number of piperidine rings is 1. The fraction of sp³-hybridized carbons (Fsp3) is 0.500. The lowest BCUT2D eigenvalue weighted by molar-refractivity contribution is 0.228. The van der Waals surface area contributed by atoms with Gasteiger partial charge < -0.3 is 5.32 Å². The summed E-state index contributed by atoms with van der Waals surface area (Å²) in [5, 5.41) is 12.2. The quantitative estimate of drug-likeness (QED) is 0.886. The van der Waals surface area contributed by atoms with Crippen molar-refractivity contribution in [3.8, 4) is 6.07 Å². The van der Waals surface area contributed by atoms with E-state index >= 15 is 0 Å². The molecule has 0 aromatic heterocycles. The molecular weight excluding hydrogens is 310 g/mol. The number of hydrogen-bond donors (Lipinski definition) is 1. The minimum Gasteiger partial charge on any atom is -0.316 e. The summed E-state index contributed by atoms with van der Waals surface area (Å²) in [5.41, 5.74) is 0.378. The van der Waals surface area contributed by atoms with E-state index in [4.69, 9.17) is 5.26 Å². The number of fused-ring (bicyclic) bond motifs is 1. The third-order valence-corrected chi connectivity index (χ3v) is 6.13. The lowest BCUT2D eigenvalue weighted by Crippen LogP contribution is -2.43. The first kappa shape index (κ1) is 16.2. The highest BCUT2D eigenvalue weighted by atomic mass is 35.5. The molecular formula is C14H18ClN3O2S. The van der Waals surface area contributed by atoms with E-state index in [1.807, 2.05) is 6.07 Å². The molecule has 1 aromatic carbocycles. The molecule has 2 unspecified atom stereocenters. The van der Waals surface area contributed by atoms with Gasteiger partial charge in [-0.05, 0) is 49.5 Å². The van der Waals surface area contributed by atoms with Gasteiger partial charge in [0.2, 0.25) is 10.0 Å². The maximum absolute atomic E-state index is 12.6. The highest BCUT2D eigenvalue weighted by Crippen LogP contribution is 2.30. The zero-order valence-corrected chi connectivity index (χ0v) is 13.2.